The Morgan fingerprint density at radius 3 is 2.53 bits per heavy atom. The van der Waals surface area contributed by atoms with Gasteiger partial charge in [-0.15, -0.1) is 13.2 Å². The van der Waals surface area contributed by atoms with Crippen molar-refractivity contribution in [3.63, 3.8) is 0 Å². The van der Waals surface area contributed by atoms with Gasteiger partial charge < -0.3 is 4.74 Å². The second-order valence-corrected chi connectivity index (χ2v) is 2.89. The van der Waals surface area contributed by atoms with Crippen molar-refractivity contribution in [2.24, 2.45) is 5.84 Å². The van der Waals surface area contributed by atoms with Crippen LogP contribution < -0.4 is 16.0 Å². The second kappa shape index (κ2) is 4.83. The first-order valence-corrected chi connectivity index (χ1v) is 4.23. The van der Waals surface area contributed by atoms with Gasteiger partial charge in [0.2, 0.25) is 0 Å². The van der Waals surface area contributed by atoms with E-state index in [0.29, 0.717) is 6.29 Å². The summed E-state index contributed by atoms with van der Waals surface area (Å²) in [6.45, 7) is 0. The van der Waals surface area contributed by atoms with Crippen LogP contribution in [0.3, 0.4) is 0 Å². The molecule has 1 amide bonds. The fraction of sp³-hybridized carbons (Fsp3) is 0.111. The van der Waals surface area contributed by atoms with Crippen molar-refractivity contribution in [3.8, 4) is 5.75 Å². The zero-order valence-corrected chi connectivity index (χ0v) is 8.25. The van der Waals surface area contributed by atoms with E-state index >= 15 is 0 Å². The van der Waals surface area contributed by atoms with Crippen LogP contribution in [0.1, 0.15) is 20.7 Å². The van der Waals surface area contributed by atoms with Crippen molar-refractivity contribution < 1.29 is 27.5 Å². The van der Waals surface area contributed by atoms with Gasteiger partial charge in [-0.1, -0.05) is 0 Å². The summed E-state index contributed by atoms with van der Waals surface area (Å²) in [6, 6.07) is 2.72. The molecule has 0 fully saturated rings. The second-order valence-electron chi connectivity index (χ2n) is 2.89. The van der Waals surface area contributed by atoms with E-state index in [0.717, 1.165) is 18.2 Å². The Labute approximate surface area is 93.3 Å². The fourth-order valence-electron chi connectivity index (χ4n) is 1.11. The number of rotatable bonds is 3. The molecule has 0 aliphatic carbocycles. The Morgan fingerprint density at radius 2 is 2.06 bits per heavy atom. The average molecular weight is 248 g/mol. The lowest BCUT2D eigenvalue weighted by molar-refractivity contribution is -0.274. The van der Waals surface area contributed by atoms with Gasteiger partial charge in [-0.3, -0.25) is 15.0 Å². The van der Waals surface area contributed by atoms with Crippen molar-refractivity contribution in [2.75, 3.05) is 0 Å². The standard InChI is InChI=1S/C9H7F3N2O3/c10-9(11,12)17-6-2-1-5(4-15)7(3-6)8(16)14-13/h1-4H,13H2,(H,14,16). The van der Waals surface area contributed by atoms with Gasteiger partial charge in [0.05, 0.1) is 5.56 Å². The van der Waals surface area contributed by atoms with Crippen LogP contribution in [0.15, 0.2) is 18.2 Å². The Bertz CT molecular complexity index is 446. The van der Waals surface area contributed by atoms with Gasteiger partial charge in [0, 0.05) is 5.56 Å². The SMILES string of the molecule is NNC(=O)c1cc(OC(F)(F)F)ccc1C=O. The van der Waals surface area contributed by atoms with Crippen molar-refractivity contribution in [1.82, 2.24) is 5.43 Å². The molecule has 0 radical (unpaired) electrons. The highest BCUT2D eigenvalue weighted by atomic mass is 19.4. The van der Waals surface area contributed by atoms with Crippen LogP contribution in [0, 0.1) is 0 Å². The predicted octanol–water partition coefficient (Wildman–Crippen LogP) is 1.00. The number of halogens is 3. The molecule has 0 aliphatic heterocycles. The normalized spacial score (nSPS) is 10.8. The lowest BCUT2D eigenvalue weighted by Gasteiger charge is -2.10. The molecule has 0 aliphatic rings. The Balaban J connectivity index is 3.13. The molecule has 0 unspecified atom stereocenters. The molecular weight excluding hydrogens is 241 g/mol. The summed E-state index contributed by atoms with van der Waals surface area (Å²) in [6.07, 6.45) is -4.55. The smallest absolute Gasteiger partial charge is 0.406 e. The van der Waals surface area contributed by atoms with Crippen LogP contribution >= 0.6 is 0 Å². The Kier molecular flexibility index (Phi) is 3.69. The van der Waals surface area contributed by atoms with Crippen LogP contribution in [0.5, 0.6) is 5.75 Å². The van der Waals surface area contributed by atoms with E-state index < -0.39 is 18.0 Å². The Hall–Kier alpha value is -2.09. The zero-order chi connectivity index (χ0) is 13.1. The third-order valence-electron chi connectivity index (χ3n) is 1.76. The van der Waals surface area contributed by atoms with E-state index in [4.69, 9.17) is 5.84 Å². The zero-order valence-electron chi connectivity index (χ0n) is 8.25. The highest BCUT2D eigenvalue weighted by molar-refractivity contribution is 6.01. The van der Waals surface area contributed by atoms with E-state index in [-0.39, 0.29) is 11.1 Å². The largest absolute Gasteiger partial charge is 0.573 e. The number of nitrogens with two attached hydrogens (primary N) is 1. The number of carbonyl (C=O) groups is 2. The maximum absolute atomic E-state index is 11.9. The molecule has 0 atom stereocenters. The quantitative estimate of drug-likeness (QED) is 0.362. The number of alkyl halides is 3. The summed E-state index contributed by atoms with van der Waals surface area (Å²) in [5.74, 6) is 3.33. The first kappa shape index (κ1) is 13.0. The fourth-order valence-corrected chi connectivity index (χ4v) is 1.11. The number of ether oxygens (including phenoxy) is 1. The van der Waals surface area contributed by atoms with Gasteiger partial charge in [0.15, 0.2) is 6.29 Å². The predicted molar refractivity (Wildman–Crippen MR) is 50.2 cm³/mol. The maximum Gasteiger partial charge on any atom is 0.573 e. The van der Waals surface area contributed by atoms with E-state index in [1.165, 1.54) is 0 Å². The number of carbonyl (C=O) groups excluding carboxylic acids is 2. The summed E-state index contributed by atoms with van der Waals surface area (Å²) in [5.41, 5.74) is 1.31. The summed E-state index contributed by atoms with van der Waals surface area (Å²) in [5, 5.41) is 0. The molecule has 0 bridgehead atoms. The lowest BCUT2D eigenvalue weighted by Crippen LogP contribution is -2.31. The molecule has 0 heterocycles. The third-order valence-corrected chi connectivity index (χ3v) is 1.76. The number of benzene rings is 1. The molecular formula is C9H7F3N2O3. The minimum atomic E-state index is -4.88. The van der Waals surface area contributed by atoms with Crippen molar-refractivity contribution in [1.29, 1.82) is 0 Å². The van der Waals surface area contributed by atoms with Crippen LogP contribution in [0.25, 0.3) is 0 Å². The first-order valence-electron chi connectivity index (χ1n) is 4.23. The first-order chi connectivity index (χ1) is 7.87. The van der Waals surface area contributed by atoms with Gasteiger partial charge in [-0.05, 0) is 18.2 Å². The molecule has 1 aromatic rings. The number of aldehydes is 1. The molecule has 0 aromatic heterocycles. The molecule has 1 rings (SSSR count). The molecule has 17 heavy (non-hydrogen) atoms. The van der Waals surface area contributed by atoms with Crippen molar-refractivity contribution in [2.45, 2.75) is 6.36 Å². The molecule has 0 saturated heterocycles. The minimum absolute atomic E-state index is 0.0949. The van der Waals surface area contributed by atoms with Crippen LogP contribution in [0.2, 0.25) is 0 Å². The van der Waals surface area contributed by atoms with E-state index in [1.807, 2.05) is 0 Å². The number of hydrogen-bond donors (Lipinski definition) is 2. The van der Waals surface area contributed by atoms with Crippen LogP contribution in [0.4, 0.5) is 13.2 Å². The highest BCUT2D eigenvalue weighted by Crippen LogP contribution is 2.24. The number of nitrogens with one attached hydrogen (secondary N) is 1. The van der Waals surface area contributed by atoms with Crippen molar-refractivity contribution in [3.05, 3.63) is 29.3 Å². The van der Waals surface area contributed by atoms with Gasteiger partial charge in [0.1, 0.15) is 5.75 Å². The number of hydrazine groups is 1. The minimum Gasteiger partial charge on any atom is -0.406 e. The van der Waals surface area contributed by atoms with Gasteiger partial charge in [-0.2, -0.15) is 0 Å². The van der Waals surface area contributed by atoms with Crippen LogP contribution in [-0.2, 0) is 0 Å². The third kappa shape index (κ3) is 3.45. The molecule has 3 N–H and O–H groups in total. The van der Waals surface area contributed by atoms with E-state index in [2.05, 4.69) is 4.74 Å². The summed E-state index contributed by atoms with van der Waals surface area (Å²) in [7, 11) is 0. The number of amides is 1. The monoisotopic (exact) mass is 248 g/mol. The van der Waals surface area contributed by atoms with Gasteiger partial charge in [0.25, 0.3) is 5.91 Å². The molecule has 1 aromatic carbocycles. The van der Waals surface area contributed by atoms with Crippen LogP contribution in [-0.4, -0.2) is 18.6 Å². The summed E-state index contributed by atoms with van der Waals surface area (Å²) >= 11 is 0. The maximum atomic E-state index is 11.9. The average Bonchev–Trinajstić information content (AvgIpc) is 2.25. The number of nitrogen functional groups attached to an aromatic ring is 1. The van der Waals surface area contributed by atoms with E-state index in [1.54, 1.807) is 5.43 Å². The number of hydrogen-bond acceptors (Lipinski definition) is 4. The lowest BCUT2D eigenvalue weighted by atomic mass is 10.1. The Morgan fingerprint density at radius 1 is 1.41 bits per heavy atom. The van der Waals surface area contributed by atoms with Gasteiger partial charge in [-0.25, -0.2) is 5.84 Å². The summed E-state index contributed by atoms with van der Waals surface area (Å²) < 4.78 is 39.4. The summed E-state index contributed by atoms with van der Waals surface area (Å²) in [4.78, 5) is 21.7. The van der Waals surface area contributed by atoms with Gasteiger partial charge >= 0.3 is 6.36 Å². The molecule has 0 spiro atoms. The molecule has 0 saturated carbocycles. The van der Waals surface area contributed by atoms with E-state index in [9.17, 15) is 22.8 Å². The highest BCUT2D eigenvalue weighted by Gasteiger charge is 2.31. The topological polar surface area (TPSA) is 81.4 Å². The molecule has 5 nitrogen and oxygen atoms in total. The van der Waals surface area contributed by atoms with Crippen molar-refractivity contribution >= 4 is 12.2 Å². The molecule has 8 heteroatoms. The molecule has 92 valence electrons.